The van der Waals surface area contributed by atoms with E-state index in [1.165, 1.54) is 12.1 Å². The minimum absolute atomic E-state index is 0.0415. The number of rotatable bonds is 4. The maximum atomic E-state index is 10.8. The molecule has 0 fully saturated rings. The monoisotopic (exact) mass is 257 g/mol. The maximum absolute atomic E-state index is 10.8. The van der Waals surface area contributed by atoms with Crippen LogP contribution in [0.15, 0.2) is 30.6 Å². The summed E-state index contributed by atoms with van der Waals surface area (Å²) in [5.74, 6) is 0. The van der Waals surface area contributed by atoms with E-state index in [0.717, 1.165) is 12.2 Å². The molecular formula is C12H11N5O2. The standard InChI is InChI=1S/C12H11N5O2/c1-2-16-8-11(7-14-16)15-10-4-3-9(6-13)12(5-10)17(18)19/h3-5,7-8,15H,2H2,1H3. The Morgan fingerprint density at radius 3 is 2.89 bits per heavy atom. The topological polar surface area (TPSA) is 96.8 Å². The fourth-order valence-electron chi connectivity index (χ4n) is 1.62. The summed E-state index contributed by atoms with van der Waals surface area (Å²) in [5.41, 5.74) is 1.11. The third kappa shape index (κ3) is 2.69. The highest BCUT2D eigenvalue weighted by atomic mass is 16.6. The fraction of sp³-hybridized carbons (Fsp3) is 0.167. The number of anilines is 2. The Morgan fingerprint density at radius 2 is 2.32 bits per heavy atom. The zero-order valence-electron chi connectivity index (χ0n) is 10.2. The molecule has 1 N–H and O–H groups in total. The quantitative estimate of drug-likeness (QED) is 0.670. The maximum Gasteiger partial charge on any atom is 0.289 e. The van der Waals surface area contributed by atoms with Crippen LogP contribution in [-0.2, 0) is 6.54 Å². The molecule has 1 aromatic heterocycles. The van der Waals surface area contributed by atoms with Gasteiger partial charge in [-0.05, 0) is 19.1 Å². The molecule has 1 heterocycles. The largest absolute Gasteiger partial charge is 0.353 e. The highest BCUT2D eigenvalue weighted by Gasteiger charge is 2.14. The van der Waals surface area contributed by atoms with Gasteiger partial charge in [-0.25, -0.2) is 0 Å². The Kier molecular flexibility index (Phi) is 3.43. The first-order valence-corrected chi connectivity index (χ1v) is 5.62. The lowest BCUT2D eigenvalue weighted by molar-refractivity contribution is -0.385. The molecule has 0 aliphatic heterocycles. The number of benzene rings is 1. The van der Waals surface area contributed by atoms with Crippen molar-refractivity contribution in [3.63, 3.8) is 0 Å². The van der Waals surface area contributed by atoms with Gasteiger partial charge in [0.15, 0.2) is 0 Å². The molecule has 2 rings (SSSR count). The van der Waals surface area contributed by atoms with Crippen LogP contribution in [0.2, 0.25) is 0 Å². The number of aromatic nitrogens is 2. The summed E-state index contributed by atoms with van der Waals surface area (Å²) in [7, 11) is 0. The third-order valence-electron chi connectivity index (χ3n) is 2.56. The van der Waals surface area contributed by atoms with Gasteiger partial charge in [0.25, 0.3) is 5.69 Å². The summed E-state index contributed by atoms with van der Waals surface area (Å²) in [6.45, 7) is 2.71. The van der Waals surface area contributed by atoms with Crippen molar-refractivity contribution in [1.82, 2.24) is 9.78 Å². The van der Waals surface area contributed by atoms with Crippen LogP contribution in [0.1, 0.15) is 12.5 Å². The SMILES string of the molecule is CCn1cc(Nc2ccc(C#N)c([N+](=O)[O-])c2)cn1. The first-order valence-electron chi connectivity index (χ1n) is 5.62. The highest BCUT2D eigenvalue weighted by Crippen LogP contribution is 2.24. The number of hydrogen-bond donors (Lipinski definition) is 1. The van der Waals surface area contributed by atoms with Gasteiger partial charge < -0.3 is 5.32 Å². The van der Waals surface area contributed by atoms with Crippen molar-refractivity contribution in [2.45, 2.75) is 13.5 Å². The van der Waals surface area contributed by atoms with E-state index in [2.05, 4.69) is 10.4 Å². The molecule has 0 aliphatic rings. The summed E-state index contributed by atoms with van der Waals surface area (Å²) in [4.78, 5) is 10.3. The second-order valence-corrected chi connectivity index (χ2v) is 3.81. The number of nitriles is 1. The van der Waals surface area contributed by atoms with Crippen LogP contribution in [0, 0.1) is 21.4 Å². The molecular weight excluding hydrogens is 246 g/mol. The minimum atomic E-state index is -0.570. The van der Waals surface area contributed by atoms with Crippen LogP contribution in [0.25, 0.3) is 0 Å². The van der Waals surface area contributed by atoms with Gasteiger partial charge in [0.1, 0.15) is 11.6 Å². The van der Waals surface area contributed by atoms with Gasteiger partial charge in [-0.1, -0.05) is 0 Å². The van der Waals surface area contributed by atoms with E-state index in [-0.39, 0.29) is 11.3 Å². The molecule has 2 aromatic rings. The molecule has 7 nitrogen and oxygen atoms in total. The van der Waals surface area contributed by atoms with E-state index in [1.807, 2.05) is 6.92 Å². The van der Waals surface area contributed by atoms with Crippen LogP contribution < -0.4 is 5.32 Å². The van der Waals surface area contributed by atoms with Crippen molar-refractivity contribution in [2.75, 3.05) is 5.32 Å². The van der Waals surface area contributed by atoms with Crippen LogP contribution in [0.4, 0.5) is 17.1 Å². The molecule has 19 heavy (non-hydrogen) atoms. The lowest BCUT2D eigenvalue weighted by atomic mass is 10.2. The van der Waals surface area contributed by atoms with Crippen molar-refractivity contribution < 1.29 is 4.92 Å². The number of nitrogens with one attached hydrogen (secondary N) is 1. The van der Waals surface area contributed by atoms with Crippen molar-refractivity contribution in [3.05, 3.63) is 46.3 Å². The van der Waals surface area contributed by atoms with Gasteiger partial charge in [-0.3, -0.25) is 14.8 Å². The molecule has 0 aliphatic carbocycles. The smallest absolute Gasteiger partial charge is 0.289 e. The summed E-state index contributed by atoms with van der Waals surface area (Å²) in [6.07, 6.45) is 3.43. The van der Waals surface area contributed by atoms with Gasteiger partial charge in [-0.2, -0.15) is 10.4 Å². The van der Waals surface area contributed by atoms with Crippen molar-refractivity contribution in [2.24, 2.45) is 0 Å². The Bertz CT molecular complexity index is 656. The van der Waals surface area contributed by atoms with Crippen molar-refractivity contribution >= 4 is 17.1 Å². The van der Waals surface area contributed by atoms with E-state index in [9.17, 15) is 10.1 Å². The molecule has 0 saturated carbocycles. The second kappa shape index (κ2) is 5.18. The van der Waals surface area contributed by atoms with Crippen LogP contribution >= 0.6 is 0 Å². The Balaban J connectivity index is 2.28. The van der Waals surface area contributed by atoms with Gasteiger partial charge in [0, 0.05) is 24.5 Å². The highest BCUT2D eigenvalue weighted by molar-refractivity contribution is 5.64. The summed E-state index contributed by atoms with van der Waals surface area (Å²) >= 11 is 0. The summed E-state index contributed by atoms with van der Waals surface area (Å²) in [5, 5.41) is 26.7. The second-order valence-electron chi connectivity index (χ2n) is 3.81. The lowest BCUT2D eigenvalue weighted by Gasteiger charge is -2.03. The summed E-state index contributed by atoms with van der Waals surface area (Å²) in [6, 6.07) is 6.17. The van der Waals surface area contributed by atoms with Gasteiger partial charge in [0.05, 0.1) is 16.8 Å². The van der Waals surface area contributed by atoms with E-state index in [1.54, 1.807) is 29.2 Å². The van der Waals surface area contributed by atoms with Gasteiger partial charge in [-0.15, -0.1) is 0 Å². The molecule has 1 aromatic carbocycles. The molecule has 0 atom stereocenters. The first-order chi connectivity index (χ1) is 9.13. The number of hydrogen-bond acceptors (Lipinski definition) is 5. The van der Waals surface area contributed by atoms with Crippen LogP contribution in [-0.4, -0.2) is 14.7 Å². The van der Waals surface area contributed by atoms with Crippen molar-refractivity contribution in [3.8, 4) is 6.07 Å². The first kappa shape index (κ1) is 12.6. The molecule has 7 heteroatoms. The predicted octanol–water partition coefficient (Wildman–Crippen LogP) is 2.43. The Hall–Kier alpha value is -2.88. The Labute approximate surface area is 109 Å². The van der Waals surface area contributed by atoms with E-state index in [0.29, 0.717) is 5.69 Å². The third-order valence-corrected chi connectivity index (χ3v) is 2.56. The number of nitro benzene ring substituents is 1. The lowest BCUT2D eigenvalue weighted by Crippen LogP contribution is -1.95. The number of nitro groups is 1. The average molecular weight is 257 g/mol. The van der Waals surface area contributed by atoms with Crippen LogP contribution in [0.5, 0.6) is 0 Å². The normalized spacial score (nSPS) is 9.89. The van der Waals surface area contributed by atoms with Gasteiger partial charge >= 0.3 is 0 Å². The average Bonchev–Trinajstić information content (AvgIpc) is 2.86. The van der Waals surface area contributed by atoms with Gasteiger partial charge in [0.2, 0.25) is 0 Å². The Morgan fingerprint density at radius 1 is 1.53 bits per heavy atom. The van der Waals surface area contributed by atoms with Crippen LogP contribution in [0.3, 0.4) is 0 Å². The molecule has 0 bridgehead atoms. The molecule has 0 unspecified atom stereocenters. The minimum Gasteiger partial charge on any atom is -0.353 e. The fourth-order valence-corrected chi connectivity index (χ4v) is 1.62. The van der Waals surface area contributed by atoms with E-state index >= 15 is 0 Å². The molecule has 0 radical (unpaired) electrons. The molecule has 0 amide bonds. The zero-order chi connectivity index (χ0) is 13.8. The number of nitrogens with zero attached hydrogens (tertiary/aromatic N) is 4. The zero-order valence-corrected chi connectivity index (χ0v) is 10.2. The summed E-state index contributed by atoms with van der Waals surface area (Å²) < 4.78 is 1.74. The predicted molar refractivity (Wildman–Crippen MR) is 69.0 cm³/mol. The van der Waals surface area contributed by atoms with E-state index < -0.39 is 4.92 Å². The van der Waals surface area contributed by atoms with Crippen molar-refractivity contribution in [1.29, 1.82) is 5.26 Å². The molecule has 96 valence electrons. The number of aryl methyl sites for hydroxylation is 1. The molecule has 0 saturated heterocycles. The molecule has 0 spiro atoms. The van der Waals surface area contributed by atoms with E-state index in [4.69, 9.17) is 5.26 Å².